The van der Waals surface area contributed by atoms with Crippen molar-refractivity contribution in [2.75, 3.05) is 19.0 Å². The number of hydrogen-bond acceptors (Lipinski definition) is 9. The Balaban J connectivity index is 1.60. The van der Waals surface area contributed by atoms with E-state index in [9.17, 15) is 15.3 Å². The molecule has 10 heteroatoms. The first-order valence-corrected chi connectivity index (χ1v) is 9.16. The van der Waals surface area contributed by atoms with Crippen LogP contribution in [0.2, 0.25) is 0 Å². The van der Waals surface area contributed by atoms with E-state index in [4.69, 9.17) is 9.47 Å². The van der Waals surface area contributed by atoms with Crippen LogP contribution < -0.4 is 10.1 Å². The molecule has 1 saturated heterocycles. The van der Waals surface area contributed by atoms with Crippen molar-refractivity contribution in [1.29, 1.82) is 0 Å². The zero-order valence-electron chi connectivity index (χ0n) is 16.1. The van der Waals surface area contributed by atoms with Crippen LogP contribution in [0, 0.1) is 0 Å². The molecule has 1 unspecified atom stereocenters. The minimum absolute atomic E-state index is 0.413. The largest absolute Gasteiger partial charge is 0.497 e. The summed E-state index contributed by atoms with van der Waals surface area (Å²) in [6.07, 6.45) is -0.236. The van der Waals surface area contributed by atoms with Crippen molar-refractivity contribution in [3.05, 3.63) is 42.5 Å². The van der Waals surface area contributed by atoms with Gasteiger partial charge < -0.3 is 30.1 Å². The van der Waals surface area contributed by atoms with Gasteiger partial charge in [-0.2, -0.15) is 0 Å². The predicted molar refractivity (Wildman–Crippen MR) is 103 cm³/mol. The average Bonchev–Trinajstić information content (AvgIpc) is 3.26. The third kappa shape index (κ3) is 3.40. The number of rotatable bonds is 6. The highest BCUT2D eigenvalue weighted by Gasteiger charge is 2.53. The summed E-state index contributed by atoms with van der Waals surface area (Å²) in [5, 5.41) is 33.6. The number of imidazole rings is 1. The van der Waals surface area contributed by atoms with Gasteiger partial charge in [-0.25, -0.2) is 15.0 Å². The van der Waals surface area contributed by atoms with E-state index in [1.165, 1.54) is 24.1 Å². The molecule has 0 aliphatic carbocycles. The molecular weight excluding hydrogens is 378 g/mol. The van der Waals surface area contributed by atoms with Crippen molar-refractivity contribution < 1.29 is 24.8 Å². The van der Waals surface area contributed by atoms with E-state index in [2.05, 4.69) is 20.3 Å². The number of fused-ring (bicyclic) bond motifs is 1. The molecule has 2 aromatic heterocycles. The van der Waals surface area contributed by atoms with Crippen LogP contribution in [-0.2, 0) is 11.3 Å². The Labute approximate surface area is 166 Å². The molecule has 29 heavy (non-hydrogen) atoms. The van der Waals surface area contributed by atoms with Gasteiger partial charge in [0, 0.05) is 6.54 Å². The number of aliphatic hydroxyl groups is 3. The molecule has 1 aromatic carbocycles. The lowest BCUT2D eigenvalue weighted by atomic mass is 9.96. The highest BCUT2D eigenvalue weighted by atomic mass is 16.6. The minimum atomic E-state index is -1.62. The molecule has 1 fully saturated rings. The molecule has 4 N–H and O–H groups in total. The number of aliphatic hydroxyl groups excluding tert-OH is 2. The maximum absolute atomic E-state index is 10.7. The van der Waals surface area contributed by atoms with Crippen molar-refractivity contribution in [2.24, 2.45) is 0 Å². The molecule has 3 aromatic rings. The summed E-state index contributed by atoms with van der Waals surface area (Å²) in [6, 6.07) is 7.65. The van der Waals surface area contributed by atoms with Crippen molar-refractivity contribution in [2.45, 2.75) is 37.5 Å². The maximum Gasteiger partial charge on any atom is 0.168 e. The zero-order valence-corrected chi connectivity index (χ0v) is 16.1. The van der Waals surface area contributed by atoms with Crippen molar-refractivity contribution in [3.8, 4) is 5.75 Å². The molecule has 0 spiro atoms. The van der Waals surface area contributed by atoms with Crippen molar-refractivity contribution in [1.82, 2.24) is 19.5 Å². The smallest absolute Gasteiger partial charge is 0.168 e. The number of nitrogens with zero attached hydrogens (tertiary/aromatic N) is 4. The van der Waals surface area contributed by atoms with E-state index in [1.807, 2.05) is 24.3 Å². The van der Waals surface area contributed by atoms with E-state index < -0.39 is 30.6 Å². The summed E-state index contributed by atoms with van der Waals surface area (Å²) in [6.45, 7) is 1.56. The van der Waals surface area contributed by atoms with E-state index in [0.29, 0.717) is 23.5 Å². The Hall–Kier alpha value is -2.79. The van der Waals surface area contributed by atoms with Gasteiger partial charge in [0.25, 0.3) is 0 Å². The molecule has 0 saturated carbocycles. The van der Waals surface area contributed by atoms with Crippen LogP contribution in [0.3, 0.4) is 0 Å². The topological polar surface area (TPSA) is 135 Å². The summed E-state index contributed by atoms with van der Waals surface area (Å²) in [5.41, 5.74) is 0.353. The second-order valence-electron chi connectivity index (χ2n) is 7.13. The van der Waals surface area contributed by atoms with E-state index in [1.54, 1.807) is 7.11 Å². The molecule has 0 amide bonds. The maximum atomic E-state index is 10.7. The van der Waals surface area contributed by atoms with E-state index in [0.717, 1.165) is 11.3 Å². The van der Waals surface area contributed by atoms with Gasteiger partial charge in [0.15, 0.2) is 23.2 Å². The highest BCUT2D eigenvalue weighted by molar-refractivity contribution is 5.82. The molecule has 1 aliphatic rings. The number of aromatic nitrogens is 4. The molecule has 10 nitrogen and oxygen atoms in total. The average molecular weight is 401 g/mol. The monoisotopic (exact) mass is 401 g/mol. The van der Waals surface area contributed by atoms with Gasteiger partial charge >= 0.3 is 0 Å². The van der Waals surface area contributed by atoms with E-state index >= 15 is 0 Å². The Morgan fingerprint density at radius 3 is 2.66 bits per heavy atom. The number of hydrogen-bond donors (Lipinski definition) is 4. The molecule has 3 heterocycles. The second-order valence-corrected chi connectivity index (χ2v) is 7.13. The van der Waals surface area contributed by atoms with Crippen LogP contribution in [0.25, 0.3) is 11.2 Å². The molecule has 1 aliphatic heterocycles. The highest BCUT2D eigenvalue weighted by Crippen LogP contribution is 2.39. The first-order chi connectivity index (χ1) is 14.0. The first-order valence-electron chi connectivity index (χ1n) is 9.16. The van der Waals surface area contributed by atoms with Gasteiger partial charge in [0.2, 0.25) is 0 Å². The number of ether oxygens (including phenoxy) is 2. The van der Waals surface area contributed by atoms with Gasteiger partial charge in [-0.1, -0.05) is 12.1 Å². The minimum Gasteiger partial charge on any atom is -0.497 e. The summed E-state index contributed by atoms with van der Waals surface area (Å²) < 4.78 is 12.4. The summed E-state index contributed by atoms with van der Waals surface area (Å²) >= 11 is 0. The first kappa shape index (κ1) is 19.5. The van der Waals surface area contributed by atoms with Crippen LogP contribution in [0.15, 0.2) is 36.9 Å². The SMILES string of the molecule is COc1ccc(CNc2ncnc3c2ncn3[C@@H]2O[C@H](CO)[C@H](O)C2(C)O)cc1. The Bertz CT molecular complexity index is 990. The molecule has 4 atom stereocenters. The number of nitrogens with one attached hydrogen (secondary N) is 1. The third-order valence-corrected chi connectivity index (χ3v) is 5.16. The fraction of sp³-hybridized carbons (Fsp3) is 0.421. The molecule has 154 valence electrons. The fourth-order valence-corrected chi connectivity index (χ4v) is 3.47. The van der Waals surface area contributed by atoms with Gasteiger partial charge in [0.1, 0.15) is 29.9 Å². The van der Waals surface area contributed by atoms with Crippen LogP contribution in [0.5, 0.6) is 5.75 Å². The van der Waals surface area contributed by atoms with Crippen molar-refractivity contribution >= 4 is 17.0 Å². The van der Waals surface area contributed by atoms with Gasteiger partial charge in [-0.3, -0.25) is 4.57 Å². The Kier molecular flexibility index (Phi) is 5.09. The molecule has 0 radical (unpaired) electrons. The lowest BCUT2D eigenvalue weighted by Gasteiger charge is -2.27. The summed E-state index contributed by atoms with van der Waals surface area (Å²) in [5.74, 6) is 1.31. The predicted octanol–water partition coefficient (Wildman–Crippen LogP) is 0.449. The Morgan fingerprint density at radius 2 is 2.00 bits per heavy atom. The molecular formula is C19H23N5O5. The third-order valence-electron chi connectivity index (χ3n) is 5.16. The fourth-order valence-electron chi connectivity index (χ4n) is 3.47. The number of anilines is 1. The standard InChI is InChI=1S/C19H23N5O5/c1-19(27)15(26)13(8-25)29-18(19)24-10-23-14-16(21-9-22-17(14)24)20-7-11-3-5-12(28-2)6-4-11/h3-6,9-10,13,15,18,25-27H,7-8H2,1-2H3,(H,20,21,22)/t13-,15+,18-,19?/m1/s1. The van der Waals surface area contributed by atoms with Gasteiger partial charge in [-0.15, -0.1) is 0 Å². The number of benzene rings is 1. The van der Waals surface area contributed by atoms with Crippen LogP contribution in [0.4, 0.5) is 5.82 Å². The van der Waals surface area contributed by atoms with Gasteiger partial charge in [-0.05, 0) is 24.6 Å². The molecule has 4 rings (SSSR count). The summed E-state index contributed by atoms with van der Waals surface area (Å²) in [4.78, 5) is 12.9. The Morgan fingerprint density at radius 1 is 1.24 bits per heavy atom. The van der Waals surface area contributed by atoms with Crippen LogP contribution in [-0.4, -0.2) is 66.4 Å². The van der Waals surface area contributed by atoms with Gasteiger partial charge in [0.05, 0.1) is 20.0 Å². The lowest BCUT2D eigenvalue weighted by molar-refractivity contribution is -0.0950. The molecule has 0 bridgehead atoms. The van der Waals surface area contributed by atoms with Crippen molar-refractivity contribution in [3.63, 3.8) is 0 Å². The quantitative estimate of drug-likeness (QED) is 0.464. The normalized spacial score (nSPS) is 26.7. The summed E-state index contributed by atoms with van der Waals surface area (Å²) in [7, 11) is 1.62. The lowest BCUT2D eigenvalue weighted by Crippen LogP contribution is -2.44. The van der Waals surface area contributed by atoms with Crippen LogP contribution in [0.1, 0.15) is 18.7 Å². The van der Waals surface area contributed by atoms with E-state index in [-0.39, 0.29) is 0 Å². The second kappa shape index (κ2) is 7.56. The van der Waals surface area contributed by atoms with Crippen LogP contribution >= 0.6 is 0 Å². The zero-order chi connectivity index (χ0) is 20.6. The number of methoxy groups -OCH3 is 1.